The zero-order chi connectivity index (χ0) is 19.3. The number of carbonyl (C=O) groups is 2. The van der Waals surface area contributed by atoms with Gasteiger partial charge in [0.25, 0.3) is 0 Å². The largest absolute Gasteiger partial charge is 0.493 e. The molecule has 2 unspecified atom stereocenters. The predicted octanol–water partition coefficient (Wildman–Crippen LogP) is 1.89. The number of hydrogen-bond acceptors (Lipinski definition) is 8. The molecule has 4 rings (SSSR count). The number of fused-ring (bicyclic) bond motifs is 2. The Morgan fingerprint density at radius 3 is 2.52 bits per heavy atom. The first-order valence-corrected chi connectivity index (χ1v) is 8.54. The molecule has 0 spiro atoms. The molecule has 1 aliphatic carbocycles. The number of ketones is 2. The second-order valence-corrected chi connectivity index (χ2v) is 6.80. The lowest BCUT2D eigenvalue weighted by molar-refractivity contribution is -0.123. The average molecular weight is 369 g/mol. The third-order valence-electron chi connectivity index (χ3n) is 5.06. The molecule has 2 aromatic rings. The van der Waals surface area contributed by atoms with E-state index in [0.29, 0.717) is 28.2 Å². The number of benzene rings is 1. The van der Waals surface area contributed by atoms with E-state index in [9.17, 15) is 9.59 Å². The molecule has 0 radical (unpaired) electrons. The summed E-state index contributed by atoms with van der Waals surface area (Å²) in [4.78, 5) is 33.7. The van der Waals surface area contributed by atoms with Crippen LogP contribution < -0.4 is 14.8 Å². The molecule has 1 saturated heterocycles. The van der Waals surface area contributed by atoms with Gasteiger partial charge in [-0.25, -0.2) is 9.97 Å². The van der Waals surface area contributed by atoms with Crippen molar-refractivity contribution < 1.29 is 23.8 Å². The molecular formula is C19H19N3O5. The van der Waals surface area contributed by atoms with Crippen LogP contribution in [0.25, 0.3) is 10.9 Å². The lowest BCUT2D eigenvalue weighted by Gasteiger charge is -2.19. The second-order valence-electron chi connectivity index (χ2n) is 6.80. The maximum absolute atomic E-state index is 12.7. The van der Waals surface area contributed by atoms with Crippen molar-refractivity contribution in [3.63, 3.8) is 0 Å². The second kappa shape index (κ2) is 6.02. The maximum Gasteiger partial charge on any atom is 0.211 e. The number of nitrogens with one attached hydrogen (secondary N) is 1. The highest BCUT2D eigenvalue weighted by Crippen LogP contribution is 2.48. The smallest absolute Gasteiger partial charge is 0.211 e. The van der Waals surface area contributed by atoms with Crippen molar-refractivity contribution >= 4 is 28.3 Å². The minimum absolute atomic E-state index is 0.0756. The summed E-state index contributed by atoms with van der Waals surface area (Å²) in [5.74, 6) is 0.898. The summed E-state index contributed by atoms with van der Waals surface area (Å²) in [5, 5.41) is 3.60. The fourth-order valence-electron chi connectivity index (χ4n) is 3.48. The van der Waals surface area contributed by atoms with Crippen LogP contribution >= 0.6 is 0 Å². The van der Waals surface area contributed by atoms with Crippen molar-refractivity contribution in [3.8, 4) is 11.5 Å². The number of Topliss-reactive ketones (excluding diaryl/α,β-unsaturated/α-hetero) is 1. The van der Waals surface area contributed by atoms with Gasteiger partial charge in [0, 0.05) is 17.5 Å². The highest BCUT2D eigenvalue weighted by atomic mass is 16.6. The highest BCUT2D eigenvalue weighted by molar-refractivity contribution is 6.19. The number of hydrogen-bond donors (Lipinski definition) is 1. The van der Waals surface area contributed by atoms with Crippen molar-refractivity contribution in [1.82, 2.24) is 9.97 Å². The van der Waals surface area contributed by atoms with Crippen molar-refractivity contribution in [2.45, 2.75) is 25.6 Å². The van der Waals surface area contributed by atoms with Gasteiger partial charge in [-0.05, 0) is 12.0 Å². The third-order valence-corrected chi connectivity index (χ3v) is 5.06. The maximum atomic E-state index is 12.7. The molecule has 1 aromatic carbocycles. The first-order chi connectivity index (χ1) is 12.9. The Labute approximate surface area is 155 Å². The van der Waals surface area contributed by atoms with Crippen molar-refractivity contribution in [1.29, 1.82) is 0 Å². The van der Waals surface area contributed by atoms with Gasteiger partial charge in [-0.2, -0.15) is 0 Å². The summed E-state index contributed by atoms with van der Waals surface area (Å²) in [7, 11) is 3.07. The van der Waals surface area contributed by atoms with Crippen LogP contribution in [0.15, 0.2) is 30.2 Å². The van der Waals surface area contributed by atoms with E-state index in [-0.39, 0.29) is 23.2 Å². The summed E-state index contributed by atoms with van der Waals surface area (Å²) in [5.41, 5.74) is -0.236. The van der Waals surface area contributed by atoms with Crippen LogP contribution in [0.5, 0.6) is 11.5 Å². The van der Waals surface area contributed by atoms with E-state index in [1.165, 1.54) is 26.6 Å². The Hall–Kier alpha value is -3.00. The molecule has 1 N–H and O–H groups in total. The fourth-order valence-corrected chi connectivity index (χ4v) is 3.48. The lowest BCUT2D eigenvalue weighted by Crippen LogP contribution is -2.40. The number of nitrogens with zero attached hydrogens (tertiary/aromatic N) is 2. The van der Waals surface area contributed by atoms with Gasteiger partial charge in [0.2, 0.25) is 5.78 Å². The van der Waals surface area contributed by atoms with Crippen LogP contribution in [0.2, 0.25) is 0 Å². The molecule has 0 saturated carbocycles. The molecule has 1 fully saturated rings. The molecule has 1 aliphatic heterocycles. The Bertz CT molecular complexity index is 1000. The topological polar surface area (TPSA) is 103 Å². The van der Waals surface area contributed by atoms with Gasteiger partial charge < -0.3 is 19.5 Å². The number of carbonyl (C=O) groups excluding carboxylic acids is 2. The normalized spacial score (nSPS) is 23.9. The molecule has 27 heavy (non-hydrogen) atoms. The molecule has 1 aromatic heterocycles. The SMILES string of the molecule is COc1cc2ncnc(NC3=CC(=O)C4(C(C)C)OC4C3=O)c2cc1OC. The number of epoxide rings is 1. The first-order valence-electron chi connectivity index (χ1n) is 8.54. The van der Waals surface area contributed by atoms with Crippen molar-refractivity contribution in [3.05, 3.63) is 30.2 Å². The highest BCUT2D eigenvalue weighted by Gasteiger charge is 2.69. The molecule has 2 heterocycles. The zero-order valence-corrected chi connectivity index (χ0v) is 15.4. The Morgan fingerprint density at radius 2 is 1.85 bits per heavy atom. The van der Waals surface area contributed by atoms with Gasteiger partial charge in [0.05, 0.1) is 25.4 Å². The van der Waals surface area contributed by atoms with E-state index in [2.05, 4.69) is 15.3 Å². The average Bonchev–Trinajstić information content (AvgIpc) is 3.43. The Kier molecular flexibility index (Phi) is 3.88. The Balaban J connectivity index is 1.73. The van der Waals surface area contributed by atoms with Gasteiger partial charge in [0.1, 0.15) is 12.1 Å². The summed E-state index contributed by atoms with van der Waals surface area (Å²) < 4.78 is 16.1. The summed E-state index contributed by atoms with van der Waals surface area (Å²) in [6, 6.07) is 3.44. The fraction of sp³-hybridized carbons (Fsp3) is 0.368. The Morgan fingerprint density at radius 1 is 1.15 bits per heavy atom. The first kappa shape index (κ1) is 17.4. The van der Waals surface area contributed by atoms with Crippen LogP contribution in [0.1, 0.15) is 13.8 Å². The van der Waals surface area contributed by atoms with Gasteiger partial charge in [-0.15, -0.1) is 0 Å². The monoisotopic (exact) mass is 369 g/mol. The molecular weight excluding hydrogens is 350 g/mol. The summed E-state index contributed by atoms with van der Waals surface area (Å²) in [6.45, 7) is 3.74. The number of ether oxygens (including phenoxy) is 3. The quantitative estimate of drug-likeness (QED) is 0.797. The number of aromatic nitrogens is 2. The number of methoxy groups -OCH3 is 2. The molecule has 140 valence electrons. The van der Waals surface area contributed by atoms with Crippen LogP contribution in [0.4, 0.5) is 5.82 Å². The van der Waals surface area contributed by atoms with Crippen LogP contribution in [-0.2, 0) is 14.3 Å². The van der Waals surface area contributed by atoms with Gasteiger partial charge in [-0.3, -0.25) is 9.59 Å². The van der Waals surface area contributed by atoms with Gasteiger partial charge in [0.15, 0.2) is 29.0 Å². The number of anilines is 1. The van der Waals surface area contributed by atoms with E-state index in [0.717, 1.165) is 0 Å². The predicted molar refractivity (Wildman–Crippen MR) is 96.8 cm³/mol. The van der Waals surface area contributed by atoms with Gasteiger partial charge in [-0.1, -0.05) is 13.8 Å². The van der Waals surface area contributed by atoms with E-state index in [4.69, 9.17) is 14.2 Å². The molecule has 8 nitrogen and oxygen atoms in total. The summed E-state index contributed by atoms with van der Waals surface area (Å²) in [6.07, 6.45) is 1.94. The van der Waals surface area contributed by atoms with E-state index >= 15 is 0 Å². The number of rotatable bonds is 5. The minimum atomic E-state index is -1.01. The molecule has 2 aliphatic rings. The van der Waals surface area contributed by atoms with Crippen LogP contribution in [0, 0.1) is 5.92 Å². The minimum Gasteiger partial charge on any atom is -0.493 e. The van der Waals surface area contributed by atoms with Crippen LogP contribution in [0.3, 0.4) is 0 Å². The third kappa shape index (κ3) is 2.48. The van der Waals surface area contributed by atoms with Crippen LogP contribution in [-0.4, -0.2) is 47.5 Å². The van der Waals surface area contributed by atoms with E-state index < -0.39 is 11.7 Å². The van der Waals surface area contributed by atoms with Gasteiger partial charge >= 0.3 is 0 Å². The van der Waals surface area contributed by atoms with Crippen molar-refractivity contribution in [2.75, 3.05) is 19.5 Å². The van der Waals surface area contributed by atoms with E-state index in [1.54, 1.807) is 12.1 Å². The zero-order valence-electron chi connectivity index (χ0n) is 15.4. The summed E-state index contributed by atoms with van der Waals surface area (Å²) >= 11 is 0. The lowest BCUT2D eigenvalue weighted by atomic mass is 9.82. The molecule has 0 bridgehead atoms. The molecule has 2 atom stereocenters. The standard InChI is InChI=1S/C19H19N3O5/c1-9(2)19-15(23)7-12(16(24)17(19)27-19)22-18-10-5-13(25-3)14(26-4)6-11(10)20-8-21-18/h5-9,17H,1-4H3,(H,20,21,22). The van der Waals surface area contributed by atoms with E-state index in [1.807, 2.05) is 13.8 Å². The molecule has 0 amide bonds. The van der Waals surface area contributed by atoms with Crippen molar-refractivity contribution in [2.24, 2.45) is 5.92 Å². The molecule has 8 heteroatoms.